The van der Waals surface area contributed by atoms with Crippen LogP contribution >= 0.6 is 11.3 Å². The lowest BCUT2D eigenvalue weighted by atomic mass is 10.1. The number of piperazine rings is 1. The van der Waals surface area contributed by atoms with E-state index in [4.69, 9.17) is 10.4 Å². The number of nitrogens with one attached hydrogen (secondary N) is 1. The highest BCUT2D eigenvalue weighted by Crippen LogP contribution is 2.30. The number of anilines is 1. The van der Waals surface area contributed by atoms with Crippen LogP contribution < -0.4 is 4.90 Å². The first-order valence-electron chi connectivity index (χ1n) is 9.01. The zero-order chi connectivity index (χ0) is 17.1. The van der Waals surface area contributed by atoms with Crippen molar-refractivity contribution < 1.29 is 0 Å². The first-order valence-corrected chi connectivity index (χ1v) is 9.83. The fraction of sp³-hybridized carbons (Fsp3) is 0.579. The van der Waals surface area contributed by atoms with Crippen LogP contribution in [0.4, 0.5) is 5.13 Å². The van der Waals surface area contributed by atoms with Crippen molar-refractivity contribution in [3.8, 4) is 0 Å². The molecule has 0 saturated carbocycles. The third-order valence-electron chi connectivity index (χ3n) is 4.73. The summed E-state index contributed by atoms with van der Waals surface area (Å²) < 4.78 is 1.25. The summed E-state index contributed by atoms with van der Waals surface area (Å²) in [5.41, 5.74) is 3.11. The largest absolute Gasteiger partial charge is 0.345 e. The van der Waals surface area contributed by atoms with Crippen molar-refractivity contribution in [2.45, 2.75) is 46.1 Å². The van der Waals surface area contributed by atoms with Crippen LogP contribution in [-0.2, 0) is 6.42 Å². The molecule has 2 heterocycles. The molecule has 24 heavy (non-hydrogen) atoms. The van der Waals surface area contributed by atoms with Gasteiger partial charge in [0, 0.05) is 44.4 Å². The summed E-state index contributed by atoms with van der Waals surface area (Å²) in [7, 11) is 0. The molecule has 0 bridgehead atoms. The summed E-state index contributed by atoms with van der Waals surface area (Å²) in [5.74, 6) is 0. The third kappa shape index (κ3) is 3.95. The molecule has 0 amide bonds. The average molecular weight is 345 g/mol. The first kappa shape index (κ1) is 17.4. The average Bonchev–Trinajstić information content (AvgIpc) is 2.98. The maximum atomic E-state index is 8.02. The molecular formula is C19H28N4S. The molecule has 130 valence electrons. The van der Waals surface area contributed by atoms with Crippen molar-refractivity contribution in [2.24, 2.45) is 0 Å². The third-order valence-corrected chi connectivity index (χ3v) is 5.82. The number of nitrogens with zero attached hydrogens (tertiary/aromatic N) is 3. The molecule has 1 saturated heterocycles. The fourth-order valence-corrected chi connectivity index (χ4v) is 4.27. The Balaban J connectivity index is 1.71. The van der Waals surface area contributed by atoms with Gasteiger partial charge in [0.2, 0.25) is 0 Å². The lowest BCUT2D eigenvalue weighted by Gasteiger charge is -2.36. The number of benzene rings is 1. The summed E-state index contributed by atoms with van der Waals surface area (Å²) in [5, 5.41) is 9.17. The second kappa shape index (κ2) is 7.62. The molecule has 1 aliphatic rings. The van der Waals surface area contributed by atoms with Gasteiger partial charge >= 0.3 is 0 Å². The van der Waals surface area contributed by atoms with Gasteiger partial charge in [-0.05, 0) is 38.0 Å². The van der Waals surface area contributed by atoms with Crippen molar-refractivity contribution in [1.29, 1.82) is 5.41 Å². The summed E-state index contributed by atoms with van der Waals surface area (Å²) in [6, 6.07) is 7.13. The SMILES string of the molecule is CCCC(=N)Cc1ccc2sc(N3CCN(C(C)C)CC3)nc2c1. The predicted octanol–water partition coefficient (Wildman–Crippen LogP) is 4.19. The molecule has 0 atom stereocenters. The van der Waals surface area contributed by atoms with Crippen LogP contribution in [0.5, 0.6) is 0 Å². The molecule has 3 rings (SSSR count). The number of hydrogen-bond donors (Lipinski definition) is 1. The number of thiazole rings is 1. The van der Waals surface area contributed by atoms with Crippen LogP contribution in [0.1, 0.15) is 39.2 Å². The van der Waals surface area contributed by atoms with Gasteiger partial charge in [0.05, 0.1) is 10.2 Å². The van der Waals surface area contributed by atoms with Gasteiger partial charge in [-0.15, -0.1) is 0 Å². The first-order chi connectivity index (χ1) is 11.6. The minimum atomic E-state index is 0.628. The van der Waals surface area contributed by atoms with Crippen molar-refractivity contribution in [3.63, 3.8) is 0 Å². The van der Waals surface area contributed by atoms with E-state index in [1.807, 2.05) is 0 Å². The standard InChI is InChI=1S/C19H28N4S/c1-4-5-16(20)12-15-6-7-18-17(13-15)21-19(24-18)23-10-8-22(9-11-23)14(2)3/h6-7,13-14,20H,4-5,8-12H2,1-3H3. The van der Waals surface area contributed by atoms with Crippen molar-refractivity contribution in [1.82, 2.24) is 9.88 Å². The van der Waals surface area contributed by atoms with Gasteiger partial charge in [-0.25, -0.2) is 4.98 Å². The molecule has 0 unspecified atom stereocenters. The maximum Gasteiger partial charge on any atom is 0.186 e. The molecule has 0 spiro atoms. The molecule has 1 N–H and O–H groups in total. The summed E-state index contributed by atoms with van der Waals surface area (Å²) in [6.07, 6.45) is 2.69. The Hall–Kier alpha value is -1.46. The Kier molecular flexibility index (Phi) is 5.51. The Labute approximate surface area is 149 Å². The Bertz CT molecular complexity index is 698. The van der Waals surface area contributed by atoms with E-state index in [0.29, 0.717) is 6.04 Å². The maximum absolute atomic E-state index is 8.02. The number of fused-ring (bicyclic) bond motifs is 1. The van der Waals surface area contributed by atoms with Gasteiger partial charge in [0.1, 0.15) is 0 Å². The van der Waals surface area contributed by atoms with Crippen LogP contribution in [0, 0.1) is 5.41 Å². The van der Waals surface area contributed by atoms with E-state index in [9.17, 15) is 0 Å². The molecule has 1 aromatic heterocycles. The molecule has 1 aliphatic heterocycles. The molecule has 1 aromatic carbocycles. The zero-order valence-electron chi connectivity index (χ0n) is 15.0. The minimum absolute atomic E-state index is 0.628. The van der Waals surface area contributed by atoms with Crippen LogP contribution in [-0.4, -0.2) is 47.8 Å². The second-order valence-corrected chi connectivity index (χ2v) is 7.95. The van der Waals surface area contributed by atoms with E-state index in [1.54, 1.807) is 11.3 Å². The van der Waals surface area contributed by atoms with Gasteiger partial charge in [-0.1, -0.05) is 30.7 Å². The minimum Gasteiger partial charge on any atom is -0.345 e. The van der Waals surface area contributed by atoms with Gasteiger partial charge in [-0.3, -0.25) is 4.90 Å². The zero-order valence-corrected chi connectivity index (χ0v) is 15.8. The number of aromatic nitrogens is 1. The van der Waals surface area contributed by atoms with Crippen LogP contribution in [0.2, 0.25) is 0 Å². The lowest BCUT2D eigenvalue weighted by Crippen LogP contribution is -2.48. The quantitative estimate of drug-likeness (QED) is 0.799. The summed E-state index contributed by atoms with van der Waals surface area (Å²) in [6.45, 7) is 11.0. The Morgan fingerprint density at radius 3 is 2.67 bits per heavy atom. The number of rotatable bonds is 6. The summed E-state index contributed by atoms with van der Waals surface area (Å²) in [4.78, 5) is 9.82. The van der Waals surface area contributed by atoms with Crippen LogP contribution in [0.3, 0.4) is 0 Å². The number of hydrogen-bond acceptors (Lipinski definition) is 5. The van der Waals surface area contributed by atoms with Crippen molar-refractivity contribution in [2.75, 3.05) is 31.1 Å². The van der Waals surface area contributed by atoms with E-state index in [-0.39, 0.29) is 0 Å². The van der Waals surface area contributed by atoms with E-state index in [2.05, 4.69) is 48.8 Å². The van der Waals surface area contributed by atoms with Crippen LogP contribution in [0.25, 0.3) is 10.2 Å². The van der Waals surface area contributed by atoms with E-state index < -0.39 is 0 Å². The molecular weight excluding hydrogens is 316 g/mol. The second-order valence-electron chi connectivity index (χ2n) is 6.95. The summed E-state index contributed by atoms with van der Waals surface area (Å²) >= 11 is 1.79. The normalized spacial score (nSPS) is 16.2. The smallest absolute Gasteiger partial charge is 0.186 e. The topological polar surface area (TPSA) is 43.2 Å². The lowest BCUT2D eigenvalue weighted by molar-refractivity contribution is 0.209. The molecule has 4 nitrogen and oxygen atoms in total. The van der Waals surface area contributed by atoms with Gasteiger partial charge in [0.25, 0.3) is 0 Å². The molecule has 2 aromatic rings. The van der Waals surface area contributed by atoms with Crippen LogP contribution in [0.15, 0.2) is 18.2 Å². The monoisotopic (exact) mass is 344 g/mol. The van der Waals surface area contributed by atoms with E-state index >= 15 is 0 Å². The van der Waals surface area contributed by atoms with Crippen molar-refractivity contribution in [3.05, 3.63) is 23.8 Å². The molecule has 0 aliphatic carbocycles. The Morgan fingerprint density at radius 1 is 1.25 bits per heavy atom. The van der Waals surface area contributed by atoms with E-state index in [0.717, 1.165) is 61.8 Å². The van der Waals surface area contributed by atoms with E-state index in [1.165, 1.54) is 10.3 Å². The fourth-order valence-electron chi connectivity index (χ4n) is 3.27. The highest BCUT2D eigenvalue weighted by molar-refractivity contribution is 7.22. The molecule has 0 radical (unpaired) electrons. The molecule has 5 heteroatoms. The van der Waals surface area contributed by atoms with Gasteiger partial charge in [-0.2, -0.15) is 0 Å². The Morgan fingerprint density at radius 2 is 2.00 bits per heavy atom. The predicted molar refractivity (Wildman–Crippen MR) is 105 cm³/mol. The highest BCUT2D eigenvalue weighted by atomic mass is 32.1. The molecule has 1 fully saturated rings. The van der Waals surface area contributed by atoms with Gasteiger partial charge in [0.15, 0.2) is 5.13 Å². The van der Waals surface area contributed by atoms with Gasteiger partial charge < -0.3 is 10.3 Å². The highest BCUT2D eigenvalue weighted by Gasteiger charge is 2.21. The van der Waals surface area contributed by atoms with Crippen molar-refractivity contribution >= 4 is 32.4 Å².